The van der Waals surface area contributed by atoms with Crippen molar-refractivity contribution >= 4 is 23.5 Å². The van der Waals surface area contributed by atoms with Gasteiger partial charge in [-0.2, -0.15) is 4.99 Å². The van der Waals surface area contributed by atoms with Gasteiger partial charge in [-0.15, -0.1) is 0 Å². The summed E-state index contributed by atoms with van der Waals surface area (Å²) in [4.78, 5) is 24.2. The lowest BCUT2D eigenvalue weighted by molar-refractivity contribution is 0.187. The van der Waals surface area contributed by atoms with Crippen LogP contribution in [0.3, 0.4) is 0 Å². The first-order valence-corrected chi connectivity index (χ1v) is 3.79. The summed E-state index contributed by atoms with van der Waals surface area (Å²) in [6.45, 7) is 0. The number of carbonyl (C=O) groups is 1. The van der Waals surface area contributed by atoms with Gasteiger partial charge in [0.05, 0.1) is 12.8 Å². The average molecular weight is 192 g/mol. The minimum absolute atomic E-state index is 0.425. The first-order valence-electron chi connectivity index (χ1n) is 3.79. The van der Waals surface area contributed by atoms with Gasteiger partial charge in [-0.1, -0.05) is 6.07 Å². The van der Waals surface area contributed by atoms with E-state index in [1.807, 2.05) is 0 Å². The van der Waals surface area contributed by atoms with Crippen LogP contribution in [-0.2, 0) is 9.53 Å². The van der Waals surface area contributed by atoms with E-state index >= 15 is 0 Å². The summed E-state index contributed by atoms with van der Waals surface area (Å²) in [6.07, 6.45) is 0.838. The summed E-state index contributed by atoms with van der Waals surface area (Å²) in [5.74, 6) is 0. The number of isocyanates is 1. The van der Waals surface area contributed by atoms with Gasteiger partial charge in [-0.3, -0.25) is 5.32 Å². The van der Waals surface area contributed by atoms with Crippen LogP contribution >= 0.6 is 0 Å². The number of aliphatic imine (C=N–C) groups is 1. The van der Waals surface area contributed by atoms with Crippen LogP contribution in [0, 0.1) is 0 Å². The lowest BCUT2D eigenvalue weighted by Gasteiger charge is -2.02. The molecule has 0 aromatic heterocycles. The van der Waals surface area contributed by atoms with Crippen molar-refractivity contribution in [2.45, 2.75) is 0 Å². The molecule has 1 rings (SSSR count). The number of carbonyl (C=O) groups excluding carboxylic acids is 2. The number of amides is 1. The van der Waals surface area contributed by atoms with Gasteiger partial charge in [0.1, 0.15) is 0 Å². The summed E-state index contributed by atoms with van der Waals surface area (Å²) in [5, 5.41) is 2.44. The Morgan fingerprint density at radius 3 is 3.00 bits per heavy atom. The molecule has 0 saturated carbocycles. The molecule has 0 unspecified atom stereocenters. The van der Waals surface area contributed by atoms with E-state index in [2.05, 4.69) is 15.0 Å². The Hall–Kier alpha value is -2.13. The molecule has 0 saturated heterocycles. The van der Waals surface area contributed by atoms with E-state index in [1.165, 1.54) is 19.3 Å². The van der Waals surface area contributed by atoms with E-state index < -0.39 is 6.09 Å². The Morgan fingerprint density at radius 1 is 1.57 bits per heavy atom. The van der Waals surface area contributed by atoms with Crippen molar-refractivity contribution in [3.05, 3.63) is 24.3 Å². The van der Waals surface area contributed by atoms with Gasteiger partial charge >= 0.3 is 6.09 Å². The Morgan fingerprint density at radius 2 is 2.36 bits per heavy atom. The molecule has 0 radical (unpaired) electrons. The SMILES string of the molecule is COC(=O)Nc1cccc(N=C=O)c1. The first-order chi connectivity index (χ1) is 6.76. The number of nitrogens with one attached hydrogen (secondary N) is 1. The molecular formula is C9H8N2O3. The smallest absolute Gasteiger partial charge is 0.411 e. The van der Waals surface area contributed by atoms with Crippen LogP contribution in [0.15, 0.2) is 29.3 Å². The maximum absolute atomic E-state index is 10.8. The van der Waals surface area contributed by atoms with Gasteiger partial charge in [-0.25, -0.2) is 9.59 Å². The van der Waals surface area contributed by atoms with Gasteiger partial charge in [-0.05, 0) is 18.2 Å². The second kappa shape index (κ2) is 4.79. The molecule has 5 heteroatoms. The summed E-state index contributed by atoms with van der Waals surface area (Å²) >= 11 is 0. The normalized spacial score (nSPS) is 8.64. The number of rotatable bonds is 2. The molecule has 1 N–H and O–H groups in total. The lowest BCUT2D eigenvalue weighted by Crippen LogP contribution is -2.10. The highest BCUT2D eigenvalue weighted by Crippen LogP contribution is 2.17. The maximum atomic E-state index is 10.8. The van der Waals surface area contributed by atoms with E-state index in [0.717, 1.165) is 0 Å². The van der Waals surface area contributed by atoms with Crippen LogP contribution < -0.4 is 5.32 Å². The zero-order valence-electron chi connectivity index (χ0n) is 7.48. The molecule has 0 aliphatic heterocycles. The van der Waals surface area contributed by atoms with Gasteiger partial charge in [0.25, 0.3) is 0 Å². The largest absolute Gasteiger partial charge is 0.453 e. The van der Waals surface area contributed by atoms with Crippen LogP contribution in [0.25, 0.3) is 0 Å². The van der Waals surface area contributed by atoms with Crippen molar-refractivity contribution < 1.29 is 14.3 Å². The minimum atomic E-state index is -0.572. The van der Waals surface area contributed by atoms with E-state index in [-0.39, 0.29) is 0 Å². The van der Waals surface area contributed by atoms with E-state index in [9.17, 15) is 9.59 Å². The fraction of sp³-hybridized carbons (Fsp3) is 0.111. The fourth-order valence-corrected chi connectivity index (χ4v) is 0.875. The van der Waals surface area contributed by atoms with Gasteiger partial charge in [0.2, 0.25) is 6.08 Å². The number of benzene rings is 1. The highest BCUT2D eigenvalue weighted by atomic mass is 16.5. The number of nitrogens with zero attached hydrogens (tertiary/aromatic N) is 1. The van der Waals surface area contributed by atoms with Crippen molar-refractivity contribution in [2.75, 3.05) is 12.4 Å². The highest BCUT2D eigenvalue weighted by molar-refractivity contribution is 5.85. The molecule has 0 heterocycles. The molecule has 72 valence electrons. The van der Waals surface area contributed by atoms with Crippen molar-refractivity contribution in [1.29, 1.82) is 0 Å². The molecule has 0 atom stereocenters. The fourth-order valence-electron chi connectivity index (χ4n) is 0.875. The quantitative estimate of drug-likeness (QED) is 0.574. The molecular weight excluding hydrogens is 184 g/mol. The second-order valence-corrected chi connectivity index (χ2v) is 2.37. The van der Waals surface area contributed by atoms with Crippen LogP contribution in [0.4, 0.5) is 16.2 Å². The van der Waals surface area contributed by atoms with Crippen LogP contribution in [0.5, 0.6) is 0 Å². The number of anilines is 1. The van der Waals surface area contributed by atoms with Crippen LogP contribution in [0.1, 0.15) is 0 Å². The molecule has 1 aromatic rings. The molecule has 14 heavy (non-hydrogen) atoms. The van der Waals surface area contributed by atoms with E-state index in [1.54, 1.807) is 18.2 Å². The van der Waals surface area contributed by atoms with Crippen molar-refractivity contribution in [2.24, 2.45) is 4.99 Å². The maximum Gasteiger partial charge on any atom is 0.411 e. The molecule has 0 aliphatic rings. The zero-order chi connectivity index (χ0) is 10.4. The third-order valence-corrected chi connectivity index (χ3v) is 1.45. The molecule has 0 fully saturated rings. The Balaban J connectivity index is 2.83. The third-order valence-electron chi connectivity index (χ3n) is 1.45. The molecule has 0 aliphatic carbocycles. The molecule has 0 spiro atoms. The average Bonchev–Trinajstić information content (AvgIpc) is 2.19. The zero-order valence-corrected chi connectivity index (χ0v) is 7.48. The summed E-state index contributed by atoms with van der Waals surface area (Å²) < 4.78 is 4.40. The standard InChI is InChI=1S/C9H8N2O3/c1-14-9(13)11-8-4-2-3-7(5-8)10-6-12/h2-5H,1H3,(H,11,13). The molecule has 0 bridgehead atoms. The van der Waals surface area contributed by atoms with Gasteiger partial charge < -0.3 is 4.74 Å². The van der Waals surface area contributed by atoms with Crippen LogP contribution in [0.2, 0.25) is 0 Å². The van der Waals surface area contributed by atoms with Crippen molar-refractivity contribution in [3.63, 3.8) is 0 Å². The second-order valence-electron chi connectivity index (χ2n) is 2.37. The Bertz CT molecular complexity index is 383. The minimum Gasteiger partial charge on any atom is -0.453 e. The van der Waals surface area contributed by atoms with E-state index in [0.29, 0.717) is 11.4 Å². The molecule has 5 nitrogen and oxygen atoms in total. The number of methoxy groups -OCH3 is 1. The van der Waals surface area contributed by atoms with Crippen molar-refractivity contribution in [3.8, 4) is 0 Å². The first kappa shape index (κ1) is 9.95. The lowest BCUT2D eigenvalue weighted by atomic mass is 10.3. The van der Waals surface area contributed by atoms with Gasteiger partial charge in [0.15, 0.2) is 0 Å². The number of ether oxygens (including phenoxy) is 1. The highest BCUT2D eigenvalue weighted by Gasteiger charge is 2.00. The van der Waals surface area contributed by atoms with Gasteiger partial charge in [0, 0.05) is 5.69 Å². The van der Waals surface area contributed by atoms with E-state index in [4.69, 9.17) is 0 Å². The number of hydrogen-bond donors (Lipinski definition) is 1. The summed E-state index contributed by atoms with van der Waals surface area (Å²) in [5.41, 5.74) is 0.933. The third kappa shape index (κ3) is 2.73. The monoisotopic (exact) mass is 192 g/mol. The molecule has 1 amide bonds. The number of hydrogen-bond acceptors (Lipinski definition) is 4. The Kier molecular flexibility index (Phi) is 3.41. The topological polar surface area (TPSA) is 67.8 Å². The molecule has 1 aromatic carbocycles. The predicted octanol–water partition coefficient (Wildman–Crippen LogP) is 1.83. The predicted molar refractivity (Wildman–Crippen MR) is 50.3 cm³/mol. The van der Waals surface area contributed by atoms with Crippen LogP contribution in [-0.4, -0.2) is 19.3 Å². The van der Waals surface area contributed by atoms with Crippen molar-refractivity contribution in [1.82, 2.24) is 0 Å². The Labute approximate surface area is 80.4 Å². The summed E-state index contributed by atoms with van der Waals surface area (Å²) in [7, 11) is 1.27. The summed E-state index contributed by atoms with van der Waals surface area (Å²) in [6, 6.07) is 6.46.